The predicted octanol–water partition coefficient (Wildman–Crippen LogP) is 3.19. The number of fused-ring (bicyclic) bond motifs is 1. The normalized spacial score (nSPS) is 18.9. The molecule has 41 heavy (non-hydrogen) atoms. The molecule has 2 atom stereocenters. The number of phenolic OH excluding ortho intramolecular Hbond substituents is 1. The van der Waals surface area contributed by atoms with Crippen molar-refractivity contribution in [1.82, 2.24) is 24.7 Å². The summed E-state index contributed by atoms with van der Waals surface area (Å²) in [6, 6.07) is 17.9. The van der Waals surface area contributed by atoms with Crippen LogP contribution in [-0.2, 0) is 29.1 Å². The number of carbonyl (C=O) groups excluding carboxylic acids is 3. The molecule has 2 fully saturated rings. The van der Waals surface area contributed by atoms with E-state index in [1.807, 2.05) is 30.3 Å². The van der Waals surface area contributed by atoms with Crippen molar-refractivity contribution in [3.8, 4) is 5.75 Å². The van der Waals surface area contributed by atoms with E-state index in [2.05, 4.69) is 0 Å². The van der Waals surface area contributed by atoms with Gasteiger partial charge < -0.3 is 19.8 Å². The molecule has 5 rings (SSSR count). The maximum Gasteiger partial charge on any atom is 0.334 e. The third-order valence-corrected chi connectivity index (χ3v) is 7.59. The molecule has 2 aliphatic rings. The maximum absolute atomic E-state index is 14.6. The van der Waals surface area contributed by atoms with E-state index in [-0.39, 0.29) is 49.3 Å². The molecule has 0 spiro atoms. The Kier molecular flexibility index (Phi) is 7.89. The van der Waals surface area contributed by atoms with Crippen LogP contribution in [-0.4, -0.2) is 87.1 Å². The van der Waals surface area contributed by atoms with E-state index in [0.717, 1.165) is 17.7 Å². The number of nitrogens with zero attached hydrogens (tertiary/aromatic N) is 5. The number of hydrogen-bond donors (Lipinski definition) is 1. The summed E-state index contributed by atoms with van der Waals surface area (Å²) in [5.41, 5.74) is 1.38. The topological polar surface area (TPSA) is 87.6 Å². The molecule has 0 aromatic heterocycles. The van der Waals surface area contributed by atoms with E-state index in [1.54, 1.807) is 31.2 Å². The highest BCUT2D eigenvalue weighted by atomic mass is 19.1. The summed E-state index contributed by atoms with van der Waals surface area (Å²) < 4.78 is 29.2. The Bertz CT molecular complexity index is 1420. The van der Waals surface area contributed by atoms with Crippen LogP contribution in [0.5, 0.6) is 5.75 Å². The van der Waals surface area contributed by atoms with Crippen LogP contribution in [0.15, 0.2) is 72.8 Å². The second kappa shape index (κ2) is 11.5. The molecule has 4 amide bonds. The van der Waals surface area contributed by atoms with Gasteiger partial charge in [-0.1, -0.05) is 48.5 Å². The highest BCUT2D eigenvalue weighted by Gasteiger charge is 2.52. The van der Waals surface area contributed by atoms with Crippen LogP contribution in [0.3, 0.4) is 0 Å². The summed E-state index contributed by atoms with van der Waals surface area (Å²) in [4.78, 5) is 44.9. The first-order valence-electron chi connectivity index (χ1n) is 13.2. The lowest BCUT2D eigenvalue weighted by Crippen LogP contribution is -2.65. The van der Waals surface area contributed by atoms with Gasteiger partial charge in [0.15, 0.2) is 0 Å². The lowest BCUT2D eigenvalue weighted by molar-refractivity contribution is -0.157. The third-order valence-electron chi connectivity index (χ3n) is 7.59. The zero-order chi connectivity index (χ0) is 29.3. The van der Waals surface area contributed by atoms with Crippen LogP contribution in [0.25, 0.3) is 0 Å². The van der Waals surface area contributed by atoms with Crippen molar-refractivity contribution in [2.24, 2.45) is 0 Å². The minimum Gasteiger partial charge on any atom is -0.508 e. The summed E-state index contributed by atoms with van der Waals surface area (Å²) in [5.74, 6) is -2.29. The lowest BCUT2D eigenvalue weighted by atomic mass is 9.99. The van der Waals surface area contributed by atoms with E-state index in [1.165, 1.54) is 37.9 Å². The molecule has 3 aromatic carbocycles. The molecule has 214 valence electrons. The molecule has 0 aliphatic carbocycles. The first-order valence-corrected chi connectivity index (χ1v) is 13.2. The molecule has 9 nitrogen and oxygen atoms in total. The average Bonchev–Trinajstić information content (AvgIpc) is 3.29. The van der Waals surface area contributed by atoms with Crippen molar-refractivity contribution >= 4 is 17.8 Å². The van der Waals surface area contributed by atoms with Crippen molar-refractivity contribution in [3.63, 3.8) is 0 Å². The molecule has 1 N–H and O–H groups in total. The second-order valence-corrected chi connectivity index (χ2v) is 10.3. The van der Waals surface area contributed by atoms with Gasteiger partial charge in [-0.25, -0.2) is 13.6 Å². The van der Waals surface area contributed by atoms with Crippen LogP contribution in [0.1, 0.15) is 16.7 Å². The number of urea groups is 1. The van der Waals surface area contributed by atoms with Crippen LogP contribution >= 0.6 is 0 Å². The fourth-order valence-electron chi connectivity index (χ4n) is 5.46. The standard InChI is InChI=1S/C30H31F2N5O4/c1-33(16-21-7-4-3-5-8-21)30(41)34(2)36-19-28(39)37-26(15-20-11-13-22(38)14-12-20)29(40)35(18-27(36)37)17-23-24(31)9-6-10-25(23)32/h3-14,26-27,38H,15-19H2,1-2H3/t26-,27+/m0/s1. The van der Waals surface area contributed by atoms with Crippen LogP contribution in [0.2, 0.25) is 0 Å². The maximum atomic E-state index is 14.6. The first-order chi connectivity index (χ1) is 19.6. The SMILES string of the molecule is CN(Cc1ccccc1)C(=O)N(C)N1CC(=O)N2[C@@H](Cc3ccc(O)cc3)C(=O)N(Cc3c(F)cccc3F)C[C@@H]21. The van der Waals surface area contributed by atoms with E-state index in [9.17, 15) is 28.3 Å². The number of amides is 4. The van der Waals surface area contributed by atoms with Gasteiger partial charge in [-0.05, 0) is 35.4 Å². The second-order valence-electron chi connectivity index (χ2n) is 10.3. The summed E-state index contributed by atoms with van der Waals surface area (Å²) in [7, 11) is 3.22. The number of hydrazine groups is 1. The zero-order valence-electron chi connectivity index (χ0n) is 22.8. The Labute approximate surface area is 236 Å². The van der Waals surface area contributed by atoms with E-state index in [0.29, 0.717) is 12.1 Å². The van der Waals surface area contributed by atoms with Crippen molar-refractivity contribution in [3.05, 3.63) is 101 Å². The Balaban J connectivity index is 1.43. The molecular formula is C30H31F2N5O4. The van der Waals surface area contributed by atoms with Crippen LogP contribution in [0, 0.1) is 11.6 Å². The van der Waals surface area contributed by atoms with Crippen molar-refractivity contribution in [2.45, 2.75) is 31.7 Å². The fraction of sp³-hybridized carbons (Fsp3) is 0.300. The molecule has 2 heterocycles. The van der Waals surface area contributed by atoms with Gasteiger partial charge in [0.25, 0.3) is 0 Å². The Morgan fingerprint density at radius 2 is 1.59 bits per heavy atom. The highest BCUT2D eigenvalue weighted by Crippen LogP contribution is 2.31. The molecule has 0 saturated carbocycles. The highest BCUT2D eigenvalue weighted by molar-refractivity contribution is 5.91. The van der Waals surface area contributed by atoms with Gasteiger partial charge in [0, 0.05) is 32.6 Å². The Hall–Kier alpha value is -4.51. The zero-order valence-corrected chi connectivity index (χ0v) is 22.8. The molecule has 2 saturated heterocycles. The monoisotopic (exact) mass is 563 g/mol. The number of piperazine rings is 1. The number of phenols is 1. The molecule has 0 unspecified atom stereocenters. The van der Waals surface area contributed by atoms with Crippen molar-refractivity contribution in [2.75, 3.05) is 27.2 Å². The number of benzene rings is 3. The number of rotatable bonds is 7. The summed E-state index contributed by atoms with van der Waals surface area (Å²) in [6.45, 7) is -0.181. The Morgan fingerprint density at radius 1 is 0.927 bits per heavy atom. The third kappa shape index (κ3) is 5.71. The van der Waals surface area contributed by atoms with E-state index in [4.69, 9.17) is 0 Å². The largest absolute Gasteiger partial charge is 0.508 e. The summed E-state index contributed by atoms with van der Waals surface area (Å²) in [6.07, 6.45) is -0.618. The van der Waals surface area contributed by atoms with E-state index >= 15 is 0 Å². The number of carbonyl (C=O) groups is 3. The number of aromatic hydroxyl groups is 1. The lowest BCUT2D eigenvalue weighted by Gasteiger charge is -2.46. The van der Waals surface area contributed by atoms with Gasteiger partial charge in [0.1, 0.15) is 29.6 Å². The average molecular weight is 564 g/mol. The van der Waals surface area contributed by atoms with Gasteiger partial charge in [-0.2, -0.15) is 5.01 Å². The summed E-state index contributed by atoms with van der Waals surface area (Å²) in [5, 5.41) is 12.6. The molecule has 2 aliphatic heterocycles. The van der Waals surface area contributed by atoms with Crippen molar-refractivity contribution < 1.29 is 28.3 Å². The van der Waals surface area contributed by atoms with Gasteiger partial charge in [-0.3, -0.25) is 14.6 Å². The van der Waals surface area contributed by atoms with Gasteiger partial charge in [0.05, 0.1) is 19.6 Å². The van der Waals surface area contributed by atoms with Gasteiger partial charge in [0.2, 0.25) is 11.8 Å². The molecule has 0 radical (unpaired) electrons. The quantitative estimate of drug-likeness (QED) is 0.477. The number of hydrogen-bond acceptors (Lipinski definition) is 5. The Morgan fingerprint density at radius 3 is 2.24 bits per heavy atom. The van der Waals surface area contributed by atoms with E-state index < -0.39 is 29.7 Å². The van der Waals surface area contributed by atoms with Crippen molar-refractivity contribution in [1.29, 1.82) is 0 Å². The fourth-order valence-corrected chi connectivity index (χ4v) is 5.46. The molecular weight excluding hydrogens is 532 g/mol. The summed E-state index contributed by atoms with van der Waals surface area (Å²) >= 11 is 0. The van der Waals surface area contributed by atoms with Gasteiger partial charge >= 0.3 is 6.03 Å². The van der Waals surface area contributed by atoms with Crippen LogP contribution < -0.4 is 0 Å². The van der Waals surface area contributed by atoms with Crippen LogP contribution in [0.4, 0.5) is 13.6 Å². The first kappa shape index (κ1) is 28.0. The molecule has 0 bridgehead atoms. The number of halogens is 2. The van der Waals surface area contributed by atoms with Gasteiger partial charge in [-0.15, -0.1) is 0 Å². The molecule has 11 heteroatoms. The molecule has 3 aromatic rings. The minimum atomic E-state index is -0.976. The minimum absolute atomic E-state index is 0.0511. The smallest absolute Gasteiger partial charge is 0.334 e. The predicted molar refractivity (Wildman–Crippen MR) is 146 cm³/mol.